The molecule has 1 atom stereocenters. The summed E-state index contributed by atoms with van der Waals surface area (Å²) in [6.07, 6.45) is 2.30. The first-order valence-electron chi connectivity index (χ1n) is 6.49. The van der Waals surface area contributed by atoms with Gasteiger partial charge >= 0.3 is 0 Å². The summed E-state index contributed by atoms with van der Waals surface area (Å²) in [7, 11) is 0. The van der Waals surface area contributed by atoms with E-state index in [9.17, 15) is 0 Å². The predicted molar refractivity (Wildman–Crippen MR) is 75.3 cm³/mol. The fourth-order valence-corrected chi connectivity index (χ4v) is 2.50. The number of nitrogens with zero attached hydrogens (tertiary/aromatic N) is 2. The highest BCUT2D eigenvalue weighted by molar-refractivity contribution is 9.10. The predicted octanol–water partition coefficient (Wildman–Crippen LogP) is 3.43. The van der Waals surface area contributed by atoms with Crippen LogP contribution in [0.2, 0.25) is 0 Å². The molecule has 0 saturated heterocycles. The molecule has 100 valence electrons. The van der Waals surface area contributed by atoms with Gasteiger partial charge in [-0.15, -0.1) is 0 Å². The van der Waals surface area contributed by atoms with Crippen LogP contribution in [0.3, 0.4) is 0 Å². The van der Waals surface area contributed by atoms with Gasteiger partial charge in [0.05, 0.1) is 10.2 Å². The number of hydrogen-bond acceptors (Lipinski definition) is 4. The maximum absolute atomic E-state index is 5.97. The third-order valence-corrected chi connectivity index (χ3v) is 3.90. The van der Waals surface area contributed by atoms with E-state index in [-0.39, 0.29) is 6.10 Å². The Kier molecular flexibility index (Phi) is 4.22. The molecule has 1 aliphatic rings. The molecule has 1 fully saturated rings. The Morgan fingerprint density at radius 1 is 1.39 bits per heavy atom. The zero-order chi connectivity index (χ0) is 13.3. The molecule has 2 N–H and O–H groups in total. The van der Waals surface area contributed by atoms with Gasteiger partial charge in [0.2, 0.25) is 0 Å². The summed E-state index contributed by atoms with van der Waals surface area (Å²) in [4.78, 5) is 9.05. The minimum absolute atomic E-state index is 0.0806. The maximum atomic E-state index is 5.97. The molecule has 0 bridgehead atoms. The van der Waals surface area contributed by atoms with Crippen LogP contribution in [0.4, 0.5) is 5.82 Å². The Hall–Kier alpha value is -0.680. The molecule has 0 aliphatic heterocycles. The van der Waals surface area contributed by atoms with Gasteiger partial charge in [-0.1, -0.05) is 13.8 Å². The second kappa shape index (κ2) is 5.53. The summed E-state index contributed by atoms with van der Waals surface area (Å²) in [6.45, 7) is 6.86. The van der Waals surface area contributed by atoms with Crippen molar-refractivity contribution in [2.45, 2.75) is 45.6 Å². The van der Waals surface area contributed by atoms with Gasteiger partial charge < -0.3 is 10.5 Å². The van der Waals surface area contributed by atoms with Crippen LogP contribution < -0.4 is 5.73 Å². The number of nitrogens with two attached hydrogens (primary N) is 1. The minimum Gasteiger partial charge on any atom is -0.383 e. The van der Waals surface area contributed by atoms with Crippen LogP contribution in [0, 0.1) is 5.92 Å². The van der Waals surface area contributed by atoms with Crippen molar-refractivity contribution in [3.05, 3.63) is 16.0 Å². The van der Waals surface area contributed by atoms with Gasteiger partial charge in [0, 0.05) is 12.5 Å². The standard InChI is InChI=1S/C13H20BrN3O/c1-4-18-11(7(2)3)13-16-10(8-5-6-8)9(14)12(15)17-13/h7-8,11H,4-6H2,1-3H3,(H2,15,16,17). The monoisotopic (exact) mass is 313 g/mol. The number of ether oxygens (including phenoxy) is 1. The highest BCUT2D eigenvalue weighted by atomic mass is 79.9. The lowest BCUT2D eigenvalue weighted by Crippen LogP contribution is -2.17. The van der Waals surface area contributed by atoms with E-state index in [1.54, 1.807) is 0 Å². The van der Waals surface area contributed by atoms with Crippen molar-refractivity contribution in [3.8, 4) is 0 Å². The normalized spacial score (nSPS) is 17.2. The van der Waals surface area contributed by atoms with Crippen molar-refractivity contribution in [2.75, 3.05) is 12.3 Å². The zero-order valence-corrected chi connectivity index (χ0v) is 12.7. The topological polar surface area (TPSA) is 61.0 Å². The molecule has 1 unspecified atom stereocenters. The van der Waals surface area contributed by atoms with Crippen LogP contribution >= 0.6 is 15.9 Å². The highest BCUT2D eigenvalue weighted by Crippen LogP contribution is 2.44. The van der Waals surface area contributed by atoms with Gasteiger partial charge in [0.1, 0.15) is 11.9 Å². The first kappa shape index (κ1) is 13.7. The van der Waals surface area contributed by atoms with Gasteiger partial charge in [-0.25, -0.2) is 9.97 Å². The van der Waals surface area contributed by atoms with Crippen molar-refractivity contribution in [1.29, 1.82) is 0 Å². The van der Waals surface area contributed by atoms with Crippen LogP contribution in [-0.4, -0.2) is 16.6 Å². The molecule has 0 aromatic carbocycles. The number of rotatable bonds is 5. The summed E-state index contributed by atoms with van der Waals surface area (Å²) in [6, 6.07) is 0. The lowest BCUT2D eigenvalue weighted by atomic mass is 10.1. The summed E-state index contributed by atoms with van der Waals surface area (Å²) in [5, 5.41) is 0. The van der Waals surface area contributed by atoms with Crippen molar-refractivity contribution >= 4 is 21.7 Å². The fourth-order valence-electron chi connectivity index (χ4n) is 2.00. The highest BCUT2D eigenvalue weighted by Gasteiger charge is 2.30. The Morgan fingerprint density at radius 3 is 2.56 bits per heavy atom. The molecule has 0 spiro atoms. The molecular formula is C13H20BrN3O. The zero-order valence-electron chi connectivity index (χ0n) is 11.1. The number of hydrogen-bond donors (Lipinski definition) is 1. The van der Waals surface area contributed by atoms with Gasteiger partial charge in [-0.3, -0.25) is 0 Å². The van der Waals surface area contributed by atoms with E-state index in [1.807, 2.05) is 6.92 Å². The SMILES string of the molecule is CCOC(c1nc(N)c(Br)c(C2CC2)n1)C(C)C. The average Bonchev–Trinajstić information content (AvgIpc) is 3.13. The third-order valence-electron chi connectivity index (χ3n) is 3.09. The second-order valence-corrected chi connectivity index (χ2v) is 5.85. The Balaban J connectivity index is 2.37. The largest absolute Gasteiger partial charge is 0.383 e. The number of nitrogen functional groups attached to an aromatic ring is 1. The summed E-state index contributed by atoms with van der Waals surface area (Å²) in [5.74, 6) is 2.11. The van der Waals surface area contributed by atoms with E-state index in [0.717, 1.165) is 16.0 Å². The molecule has 2 rings (SSSR count). The molecule has 1 saturated carbocycles. The molecule has 1 aliphatic carbocycles. The van der Waals surface area contributed by atoms with Gasteiger partial charge in [-0.05, 0) is 41.6 Å². The van der Waals surface area contributed by atoms with Gasteiger partial charge in [-0.2, -0.15) is 0 Å². The Morgan fingerprint density at radius 2 is 2.06 bits per heavy atom. The molecule has 0 radical (unpaired) electrons. The van der Waals surface area contributed by atoms with Crippen LogP contribution in [0.1, 0.15) is 57.2 Å². The van der Waals surface area contributed by atoms with Crippen LogP contribution in [0.25, 0.3) is 0 Å². The number of aromatic nitrogens is 2. The smallest absolute Gasteiger partial charge is 0.160 e. The van der Waals surface area contributed by atoms with E-state index < -0.39 is 0 Å². The van der Waals surface area contributed by atoms with Crippen molar-refractivity contribution in [3.63, 3.8) is 0 Å². The lowest BCUT2D eigenvalue weighted by Gasteiger charge is -2.20. The average molecular weight is 314 g/mol. The molecule has 1 aromatic heterocycles. The summed E-state index contributed by atoms with van der Waals surface area (Å²) < 4.78 is 6.60. The maximum Gasteiger partial charge on any atom is 0.160 e. The van der Waals surface area contributed by atoms with E-state index in [0.29, 0.717) is 24.3 Å². The Bertz CT molecular complexity index is 432. The molecular weight excluding hydrogens is 294 g/mol. The van der Waals surface area contributed by atoms with E-state index >= 15 is 0 Å². The fraction of sp³-hybridized carbons (Fsp3) is 0.692. The molecule has 4 nitrogen and oxygen atoms in total. The molecule has 0 amide bonds. The van der Waals surface area contributed by atoms with Gasteiger partial charge in [0.25, 0.3) is 0 Å². The first-order valence-corrected chi connectivity index (χ1v) is 7.28. The molecule has 18 heavy (non-hydrogen) atoms. The van der Waals surface area contributed by atoms with Crippen LogP contribution in [0.15, 0.2) is 4.47 Å². The minimum atomic E-state index is -0.0806. The summed E-state index contributed by atoms with van der Waals surface area (Å²) >= 11 is 3.49. The van der Waals surface area contributed by atoms with E-state index in [4.69, 9.17) is 10.5 Å². The number of anilines is 1. The molecule has 1 aromatic rings. The van der Waals surface area contributed by atoms with Crippen LogP contribution in [-0.2, 0) is 4.74 Å². The molecule has 1 heterocycles. The lowest BCUT2D eigenvalue weighted by molar-refractivity contribution is 0.0231. The van der Waals surface area contributed by atoms with E-state index in [2.05, 4.69) is 39.7 Å². The third kappa shape index (κ3) is 2.83. The first-order chi connectivity index (χ1) is 8.54. The van der Waals surface area contributed by atoms with Crippen LogP contribution in [0.5, 0.6) is 0 Å². The molecule has 5 heteroatoms. The summed E-state index contributed by atoms with van der Waals surface area (Å²) in [5.41, 5.74) is 7.01. The quantitative estimate of drug-likeness (QED) is 0.904. The number of halogens is 1. The van der Waals surface area contributed by atoms with Gasteiger partial charge in [0.15, 0.2) is 5.82 Å². The van der Waals surface area contributed by atoms with Crippen molar-refractivity contribution in [1.82, 2.24) is 9.97 Å². The van der Waals surface area contributed by atoms with Crippen molar-refractivity contribution < 1.29 is 4.74 Å². The Labute approximate surface area is 116 Å². The second-order valence-electron chi connectivity index (χ2n) is 5.06. The van der Waals surface area contributed by atoms with E-state index in [1.165, 1.54) is 12.8 Å². The van der Waals surface area contributed by atoms with Crippen molar-refractivity contribution in [2.24, 2.45) is 5.92 Å².